The summed E-state index contributed by atoms with van der Waals surface area (Å²) in [7, 11) is 1.48. The number of halogens is 1. The van der Waals surface area contributed by atoms with Gasteiger partial charge in [-0.3, -0.25) is 11.3 Å². The van der Waals surface area contributed by atoms with Crippen LogP contribution in [0, 0.1) is 5.82 Å². The van der Waals surface area contributed by atoms with E-state index in [1.54, 1.807) is 12.1 Å². The summed E-state index contributed by atoms with van der Waals surface area (Å²) in [6, 6.07) is 5.32. The second kappa shape index (κ2) is 7.38. The van der Waals surface area contributed by atoms with Gasteiger partial charge in [-0.25, -0.2) is 4.39 Å². The highest BCUT2D eigenvalue weighted by atomic mass is 32.2. The first-order valence-electron chi connectivity index (χ1n) is 6.23. The molecule has 0 saturated carbocycles. The zero-order chi connectivity index (χ0) is 13.7. The van der Waals surface area contributed by atoms with Gasteiger partial charge in [0.05, 0.1) is 7.11 Å². The lowest BCUT2D eigenvalue weighted by atomic mass is 10.0. The standard InChI is InChI=1S/C13H19FN2OS2/c1-17-11-4-2-3-9(13(11)14)7-10(16-15)12-8-18-5-6-19-12/h2-4,10,12,16H,5-8,15H2,1H3. The van der Waals surface area contributed by atoms with Gasteiger partial charge in [-0.05, 0) is 18.1 Å². The lowest BCUT2D eigenvalue weighted by Crippen LogP contribution is -2.46. The fourth-order valence-electron chi connectivity index (χ4n) is 2.14. The normalized spacial score (nSPS) is 21.1. The highest BCUT2D eigenvalue weighted by Crippen LogP contribution is 2.29. The number of ether oxygens (including phenoxy) is 1. The maximum absolute atomic E-state index is 14.1. The van der Waals surface area contributed by atoms with E-state index in [0.29, 0.717) is 23.0 Å². The molecule has 0 aromatic heterocycles. The molecule has 1 aromatic carbocycles. The van der Waals surface area contributed by atoms with E-state index in [1.165, 1.54) is 12.9 Å². The SMILES string of the molecule is COc1cccc(CC(NN)C2CSCCS2)c1F. The molecule has 1 saturated heterocycles. The Hall–Kier alpha value is -0.430. The average molecular weight is 302 g/mol. The largest absolute Gasteiger partial charge is 0.494 e. The number of rotatable bonds is 5. The van der Waals surface area contributed by atoms with Crippen LogP contribution in [0.2, 0.25) is 0 Å². The van der Waals surface area contributed by atoms with Crippen LogP contribution in [0.1, 0.15) is 5.56 Å². The molecule has 2 rings (SSSR count). The van der Waals surface area contributed by atoms with E-state index in [1.807, 2.05) is 29.6 Å². The third-order valence-electron chi connectivity index (χ3n) is 3.21. The third kappa shape index (κ3) is 3.78. The quantitative estimate of drug-likeness (QED) is 0.644. The molecule has 0 radical (unpaired) electrons. The summed E-state index contributed by atoms with van der Waals surface area (Å²) in [5.74, 6) is 9.04. The van der Waals surface area contributed by atoms with Gasteiger partial charge in [0.15, 0.2) is 11.6 Å². The molecule has 1 aromatic rings. The van der Waals surface area contributed by atoms with Crippen LogP contribution in [0.4, 0.5) is 4.39 Å². The van der Waals surface area contributed by atoms with Crippen molar-refractivity contribution in [3.05, 3.63) is 29.6 Å². The summed E-state index contributed by atoms with van der Waals surface area (Å²) in [4.78, 5) is 0. The monoisotopic (exact) mass is 302 g/mol. The van der Waals surface area contributed by atoms with Crippen LogP contribution in [0.25, 0.3) is 0 Å². The van der Waals surface area contributed by atoms with E-state index in [0.717, 1.165) is 11.5 Å². The molecule has 1 aliphatic rings. The first-order valence-corrected chi connectivity index (χ1v) is 8.43. The van der Waals surface area contributed by atoms with E-state index < -0.39 is 0 Å². The number of methoxy groups -OCH3 is 1. The highest BCUT2D eigenvalue weighted by molar-refractivity contribution is 8.06. The molecule has 0 spiro atoms. The Bertz CT molecular complexity index is 414. The Morgan fingerprint density at radius 3 is 3.00 bits per heavy atom. The first-order chi connectivity index (χ1) is 9.26. The number of nitrogens with two attached hydrogens (primary N) is 1. The van der Waals surface area contributed by atoms with Crippen molar-refractivity contribution in [2.45, 2.75) is 17.7 Å². The van der Waals surface area contributed by atoms with Crippen molar-refractivity contribution in [1.29, 1.82) is 0 Å². The molecule has 3 N–H and O–H groups in total. The summed E-state index contributed by atoms with van der Waals surface area (Å²) in [5.41, 5.74) is 3.49. The molecule has 1 heterocycles. The molecule has 0 bridgehead atoms. The van der Waals surface area contributed by atoms with Gasteiger partial charge in [-0.2, -0.15) is 23.5 Å². The Labute approximate surface area is 121 Å². The van der Waals surface area contributed by atoms with Crippen LogP contribution in [-0.4, -0.2) is 35.7 Å². The fourth-order valence-corrected chi connectivity index (χ4v) is 5.02. The minimum Gasteiger partial charge on any atom is -0.494 e. The summed E-state index contributed by atoms with van der Waals surface area (Å²) in [6.07, 6.45) is 0.581. The first kappa shape index (κ1) is 15.0. The van der Waals surface area contributed by atoms with Crippen molar-refractivity contribution in [1.82, 2.24) is 5.43 Å². The molecule has 6 heteroatoms. The zero-order valence-corrected chi connectivity index (χ0v) is 12.5. The van der Waals surface area contributed by atoms with Crippen LogP contribution in [0.3, 0.4) is 0 Å². The molecule has 1 aliphatic heterocycles. The van der Waals surface area contributed by atoms with E-state index in [9.17, 15) is 4.39 Å². The maximum atomic E-state index is 14.1. The lowest BCUT2D eigenvalue weighted by molar-refractivity contribution is 0.382. The number of thioether (sulfide) groups is 2. The second-order valence-electron chi connectivity index (χ2n) is 4.39. The van der Waals surface area contributed by atoms with Gasteiger partial charge in [0.2, 0.25) is 0 Å². The van der Waals surface area contributed by atoms with Crippen LogP contribution >= 0.6 is 23.5 Å². The zero-order valence-electron chi connectivity index (χ0n) is 10.9. The van der Waals surface area contributed by atoms with E-state index in [-0.39, 0.29) is 11.9 Å². The molecule has 1 fully saturated rings. The Balaban J connectivity index is 2.09. The molecule has 19 heavy (non-hydrogen) atoms. The van der Waals surface area contributed by atoms with Crippen molar-refractivity contribution in [3.8, 4) is 5.75 Å². The van der Waals surface area contributed by atoms with Crippen LogP contribution in [-0.2, 0) is 6.42 Å². The van der Waals surface area contributed by atoms with Crippen molar-refractivity contribution in [2.75, 3.05) is 24.4 Å². The molecule has 3 nitrogen and oxygen atoms in total. The second-order valence-corrected chi connectivity index (χ2v) is 6.89. The Morgan fingerprint density at radius 1 is 1.53 bits per heavy atom. The van der Waals surface area contributed by atoms with E-state index >= 15 is 0 Å². The Kier molecular flexibility index (Phi) is 5.81. The highest BCUT2D eigenvalue weighted by Gasteiger charge is 2.25. The molecule has 0 amide bonds. The van der Waals surface area contributed by atoms with E-state index in [4.69, 9.17) is 10.6 Å². The van der Waals surface area contributed by atoms with Gasteiger partial charge in [0, 0.05) is 28.6 Å². The number of hydrazine groups is 1. The number of nitrogens with one attached hydrogen (secondary N) is 1. The summed E-state index contributed by atoms with van der Waals surface area (Å²) in [5, 5.41) is 0.425. The fraction of sp³-hybridized carbons (Fsp3) is 0.538. The molecular formula is C13H19FN2OS2. The summed E-state index contributed by atoms with van der Waals surface area (Å²) in [6.45, 7) is 0. The van der Waals surface area contributed by atoms with Crippen molar-refractivity contribution < 1.29 is 9.13 Å². The lowest BCUT2D eigenvalue weighted by Gasteiger charge is -2.29. The number of benzene rings is 1. The van der Waals surface area contributed by atoms with Gasteiger partial charge < -0.3 is 4.74 Å². The summed E-state index contributed by atoms with van der Waals surface area (Å²) >= 11 is 3.85. The van der Waals surface area contributed by atoms with Crippen LogP contribution in [0.5, 0.6) is 5.75 Å². The number of hydrogen-bond acceptors (Lipinski definition) is 5. The van der Waals surface area contributed by atoms with E-state index in [2.05, 4.69) is 5.43 Å². The predicted molar refractivity (Wildman–Crippen MR) is 81.3 cm³/mol. The third-order valence-corrected chi connectivity index (χ3v) is 6.13. The topological polar surface area (TPSA) is 47.3 Å². The van der Waals surface area contributed by atoms with Gasteiger partial charge >= 0.3 is 0 Å². The van der Waals surface area contributed by atoms with Gasteiger partial charge in [-0.1, -0.05) is 12.1 Å². The predicted octanol–water partition coefficient (Wildman–Crippen LogP) is 2.06. The molecular weight excluding hydrogens is 283 g/mol. The van der Waals surface area contributed by atoms with Gasteiger partial charge in [-0.15, -0.1) is 0 Å². The molecule has 106 valence electrons. The van der Waals surface area contributed by atoms with Gasteiger partial charge in [0.25, 0.3) is 0 Å². The smallest absolute Gasteiger partial charge is 0.168 e. The minimum absolute atomic E-state index is 0.0828. The minimum atomic E-state index is -0.279. The van der Waals surface area contributed by atoms with Crippen molar-refractivity contribution in [3.63, 3.8) is 0 Å². The number of hydrogen-bond donors (Lipinski definition) is 2. The van der Waals surface area contributed by atoms with Gasteiger partial charge in [0.1, 0.15) is 0 Å². The van der Waals surface area contributed by atoms with Crippen LogP contribution in [0.15, 0.2) is 18.2 Å². The summed E-state index contributed by atoms with van der Waals surface area (Å²) < 4.78 is 19.1. The molecule has 2 atom stereocenters. The molecule has 0 aliphatic carbocycles. The van der Waals surface area contributed by atoms with Crippen molar-refractivity contribution >= 4 is 23.5 Å². The van der Waals surface area contributed by atoms with Crippen molar-refractivity contribution in [2.24, 2.45) is 5.84 Å². The maximum Gasteiger partial charge on any atom is 0.168 e. The van der Waals surface area contributed by atoms with Crippen LogP contribution < -0.4 is 16.0 Å². The molecule has 2 unspecified atom stereocenters. The average Bonchev–Trinajstić information content (AvgIpc) is 2.47. The Morgan fingerprint density at radius 2 is 2.37 bits per heavy atom.